The van der Waals surface area contributed by atoms with Crippen molar-refractivity contribution in [1.29, 1.82) is 0 Å². The molecule has 0 aliphatic carbocycles. The summed E-state index contributed by atoms with van der Waals surface area (Å²) in [5.74, 6) is -1.97. The highest BCUT2D eigenvalue weighted by molar-refractivity contribution is 5.93. The van der Waals surface area contributed by atoms with E-state index in [1.54, 1.807) is 11.9 Å². The summed E-state index contributed by atoms with van der Waals surface area (Å²) in [5.41, 5.74) is 1.61. The molecule has 37 heavy (non-hydrogen) atoms. The molecule has 3 aromatic rings. The number of nitrogens with zero attached hydrogens (tertiary/aromatic N) is 2. The van der Waals surface area contributed by atoms with Gasteiger partial charge >= 0.3 is 0 Å². The summed E-state index contributed by atoms with van der Waals surface area (Å²) in [5, 5.41) is 16.7. The number of aliphatic hydroxyl groups excluding tert-OH is 1. The van der Waals surface area contributed by atoms with E-state index in [0.29, 0.717) is 19.0 Å². The van der Waals surface area contributed by atoms with Gasteiger partial charge < -0.3 is 20.6 Å². The molecule has 1 aromatic heterocycles. The van der Waals surface area contributed by atoms with Gasteiger partial charge in [-0.3, -0.25) is 14.6 Å². The average molecular weight is 514 g/mol. The highest BCUT2D eigenvalue weighted by Crippen LogP contribution is 2.13. The molecule has 0 radical (unpaired) electrons. The second-order valence-electron chi connectivity index (χ2n) is 8.90. The van der Waals surface area contributed by atoms with Crippen LogP contribution in [0.2, 0.25) is 0 Å². The van der Waals surface area contributed by atoms with Crippen molar-refractivity contribution in [2.75, 3.05) is 25.0 Å². The van der Waals surface area contributed by atoms with Crippen molar-refractivity contribution >= 4 is 11.9 Å². The summed E-state index contributed by atoms with van der Waals surface area (Å²) in [4.78, 5) is 33.9. The van der Waals surface area contributed by atoms with Gasteiger partial charge in [0.15, 0.2) is 0 Å². The first-order valence-corrected chi connectivity index (χ1v) is 12.2. The minimum absolute atomic E-state index is 0.0590. The molecular formula is C27H33F2N5O3. The first-order chi connectivity index (χ1) is 17.7. The van der Waals surface area contributed by atoms with Crippen LogP contribution in [0, 0.1) is 11.6 Å². The SMILES string of the molecule is CCc1cccc(CNC[C@@H](O)[C@H](Cc2cc(F)cc(F)c2)NC(=O)c2cnc(N(C)CC)[nH]c2=O)c1. The number of amides is 1. The number of nitrogens with one attached hydrogen (secondary N) is 3. The Hall–Kier alpha value is -3.63. The van der Waals surface area contributed by atoms with E-state index >= 15 is 0 Å². The number of hydrogen-bond donors (Lipinski definition) is 4. The van der Waals surface area contributed by atoms with Gasteiger partial charge in [0.25, 0.3) is 11.5 Å². The lowest BCUT2D eigenvalue weighted by Crippen LogP contribution is -2.49. The Morgan fingerprint density at radius 3 is 2.46 bits per heavy atom. The van der Waals surface area contributed by atoms with Gasteiger partial charge in [-0.25, -0.2) is 13.8 Å². The van der Waals surface area contributed by atoms with E-state index in [-0.39, 0.29) is 24.1 Å². The molecule has 0 unspecified atom stereocenters. The van der Waals surface area contributed by atoms with Crippen LogP contribution >= 0.6 is 0 Å². The molecule has 8 nitrogen and oxygen atoms in total. The van der Waals surface area contributed by atoms with Crippen LogP contribution in [0.3, 0.4) is 0 Å². The van der Waals surface area contributed by atoms with Crippen LogP contribution < -0.4 is 21.1 Å². The van der Waals surface area contributed by atoms with E-state index in [2.05, 4.69) is 33.6 Å². The number of benzene rings is 2. The standard InChI is InChI=1S/C27H33F2N5O3/c1-4-17-7-6-8-18(9-17)14-30-16-24(35)23(12-19-10-20(28)13-21(29)11-19)32-25(36)22-15-31-27(33-26(22)37)34(3)5-2/h6-11,13,15,23-24,30,35H,4-5,12,14,16H2,1-3H3,(H,32,36)(H,31,33,37)/t23-,24+/m0/s1. The number of carbonyl (C=O) groups is 1. The minimum atomic E-state index is -1.12. The van der Waals surface area contributed by atoms with Crippen LogP contribution in [-0.2, 0) is 19.4 Å². The fourth-order valence-electron chi connectivity index (χ4n) is 3.87. The van der Waals surface area contributed by atoms with Gasteiger partial charge in [-0.15, -0.1) is 0 Å². The van der Waals surface area contributed by atoms with Gasteiger partial charge in [0, 0.05) is 38.9 Å². The van der Waals surface area contributed by atoms with Crippen LogP contribution in [0.25, 0.3) is 0 Å². The maximum absolute atomic E-state index is 13.8. The molecule has 0 aliphatic heterocycles. The number of hydrogen-bond acceptors (Lipinski definition) is 6. The van der Waals surface area contributed by atoms with Crippen molar-refractivity contribution in [2.45, 2.75) is 45.4 Å². The molecule has 0 aliphatic rings. The number of aromatic nitrogens is 2. The first-order valence-electron chi connectivity index (χ1n) is 12.2. The largest absolute Gasteiger partial charge is 0.390 e. The maximum atomic E-state index is 13.8. The summed E-state index contributed by atoms with van der Waals surface area (Å²) in [7, 11) is 1.74. The van der Waals surface area contributed by atoms with E-state index in [9.17, 15) is 23.5 Å². The van der Waals surface area contributed by atoms with Crippen LogP contribution in [0.1, 0.15) is 40.9 Å². The van der Waals surface area contributed by atoms with Crippen molar-refractivity contribution in [3.63, 3.8) is 0 Å². The molecule has 0 bridgehead atoms. The molecule has 3 rings (SSSR count). The zero-order valence-electron chi connectivity index (χ0n) is 21.2. The number of rotatable bonds is 12. The predicted octanol–water partition coefficient (Wildman–Crippen LogP) is 2.56. The van der Waals surface area contributed by atoms with Gasteiger partial charge in [-0.1, -0.05) is 31.2 Å². The highest BCUT2D eigenvalue weighted by atomic mass is 19.1. The molecule has 0 fully saturated rings. The second kappa shape index (κ2) is 13.1. The Bertz CT molecular complexity index is 1250. The topological polar surface area (TPSA) is 110 Å². The van der Waals surface area contributed by atoms with Crippen LogP contribution in [0.5, 0.6) is 0 Å². The van der Waals surface area contributed by atoms with Crippen molar-refractivity contribution in [1.82, 2.24) is 20.6 Å². The number of aryl methyl sites for hydroxylation is 1. The monoisotopic (exact) mass is 513 g/mol. The van der Waals surface area contributed by atoms with Crippen LogP contribution in [0.15, 0.2) is 53.5 Å². The Labute approximate surface area is 214 Å². The Morgan fingerprint density at radius 1 is 1.11 bits per heavy atom. The number of carbonyl (C=O) groups excluding carboxylic acids is 1. The lowest BCUT2D eigenvalue weighted by Gasteiger charge is -2.25. The van der Waals surface area contributed by atoms with Crippen molar-refractivity contribution in [2.24, 2.45) is 0 Å². The summed E-state index contributed by atoms with van der Waals surface area (Å²) in [6, 6.07) is 10.1. The van der Waals surface area contributed by atoms with Crippen molar-refractivity contribution < 1.29 is 18.7 Å². The summed E-state index contributed by atoms with van der Waals surface area (Å²) in [6.45, 7) is 5.12. The van der Waals surface area contributed by atoms with E-state index in [4.69, 9.17) is 0 Å². The Morgan fingerprint density at radius 2 is 1.81 bits per heavy atom. The third kappa shape index (κ3) is 7.93. The third-order valence-corrected chi connectivity index (χ3v) is 6.11. The lowest BCUT2D eigenvalue weighted by molar-refractivity contribution is 0.0828. The van der Waals surface area contributed by atoms with Gasteiger partial charge in [-0.05, 0) is 48.6 Å². The quantitative estimate of drug-likeness (QED) is 0.296. The fourth-order valence-corrected chi connectivity index (χ4v) is 3.87. The van der Waals surface area contributed by atoms with E-state index < -0.39 is 35.2 Å². The zero-order valence-corrected chi connectivity index (χ0v) is 21.2. The summed E-state index contributed by atoms with van der Waals surface area (Å²) < 4.78 is 27.6. The van der Waals surface area contributed by atoms with E-state index in [1.807, 2.05) is 25.1 Å². The zero-order chi connectivity index (χ0) is 26.9. The minimum Gasteiger partial charge on any atom is -0.390 e. The number of aliphatic hydroxyl groups is 1. The Balaban J connectivity index is 1.75. The van der Waals surface area contributed by atoms with Crippen LogP contribution in [0.4, 0.5) is 14.7 Å². The maximum Gasteiger partial charge on any atom is 0.265 e. The molecule has 1 amide bonds. The lowest BCUT2D eigenvalue weighted by atomic mass is 10.00. The number of halogens is 2. The fraction of sp³-hybridized carbons (Fsp3) is 0.370. The molecule has 0 saturated heterocycles. The molecule has 0 spiro atoms. The number of aromatic amines is 1. The Kier molecular flexibility index (Phi) is 9.87. The molecule has 1 heterocycles. The van der Waals surface area contributed by atoms with E-state index in [1.165, 1.54) is 11.8 Å². The van der Waals surface area contributed by atoms with Gasteiger partial charge in [0.1, 0.15) is 17.2 Å². The molecule has 2 atom stereocenters. The smallest absolute Gasteiger partial charge is 0.265 e. The van der Waals surface area contributed by atoms with Gasteiger partial charge in [0.05, 0.1) is 12.1 Å². The third-order valence-electron chi connectivity index (χ3n) is 6.11. The molecule has 2 aromatic carbocycles. The van der Waals surface area contributed by atoms with E-state index in [0.717, 1.165) is 30.2 Å². The average Bonchev–Trinajstić information content (AvgIpc) is 2.87. The van der Waals surface area contributed by atoms with Gasteiger partial charge in [-0.2, -0.15) is 0 Å². The second-order valence-corrected chi connectivity index (χ2v) is 8.90. The normalized spacial score (nSPS) is 12.7. The van der Waals surface area contributed by atoms with Crippen molar-refractivity contribution in [3.8, 4) is 0 Å². The van der Waals surface area contributed by atoms with Crippen LogP contribution in [-0.4, -0.2) is 53.3 Å². The predicted molar refractivity (Wildman–Crippen MR) is 139 cm³/mol. The summed E-state index contributed by atoms with van der Waals surface area (Å²) in [6.07, 6.45) is 0.886. The highest BCUT2D eigenvalue weighted by Gasteiger charge is 2.24. The molecular weight excluding hydrogens is 480 g/mol. The molecule has 198 valence electrons. The first kappa shape index (κ1) is 27.9. The van der Waals surface area contributed by atoms with Gasteiger partial charge in [0.2, 0.25) is 5.95 Å². The number of anilines is 1. The summed E-state index contributed by atoms with van der Waals surface area (Å²) >= 11 is 0. The molecule has 0 saturated carbocycles. The number of H-pyrrole nitrogens is 1. The molecule has 4 N–H and O–H groups in total. The van der Waals surface area contributed by atoms with Crippen molar-refractivity contribution in [3.05, 3.63) is 92.9 Å². The molecule has 10 heteroatoms.